The summed E-state index contributed by atoms with van der Waals surface area (Å²) in [4.78, 5) is 12.1. The molecule has 1 aliphatic rings. The van der Waals surface area contributed by atoms with Crippen LogP contribution < -0.4 is 5.32 Å². The van der Waals surface area contributed by atoms with Crippen molar-refractivity contribution in [1.29, 1.82) is 0 Å². The fourth-order valence-electron chi connectivity index (χ4n) is 2.12. The minimum absolute atomic E-state index is 0.103. The van der Waals surface area contributed by atoms with E-state index in [2.05, 4.69) is 5.32 Å². The SMILES string of the molecule is Cc1cc(C(=O)C2CCNCC2)ccc1F. The van der Waals surface area contributed by atoms with E-state index < -0.39 is 0 Å². The lowest BCUT2D eigenvalue weighted by Crippen LogP contribution is -2.31. The molecule has 0 radical (unpaired) electrons. The Labute approximate surface area is 94.9 Å². The average Bonchev–Trinajstić information content (AvgIpc) is 2.33. The summed E-state index contributed by atoms with van der Waals surface area (Å²) in [5.74, 6) is 0.0116. The van der Waals surface area contributed by atoms with E-state index in [1.807, 2.05) is 0 Å². The summed E-state index contributed by atoms with van der Waals surface area (Å²) in [5.41, 5.74) is 1.19. The molecule has 1 N–H and O–H groups in total. The first-order chi connectivity index (χ1) is 7.68. The molecule has 0 aromatic heterocycles. The van der Waals surface area contributed by atoms with Gasteiger partial charge in [-0.3, -0.25) is 4.79 Å². The highest BCUT2D eigenvalue weighted by molar-refractivity contribution is 5.98. The Kier molecular flexibility index (Phi) is 3.34. The molecule has 3 heteroatoms. The molecule has 2 rings (SSSR count). The first kappa shape index (κ1) is 11.3. The van der Waals surface area contributed by atoms with Gasteiger partial charge in [0.1, 0.15) is 5.82 Å². The molecule has 86 valence electrons. The van der Waals surface area contributed by atoms with E-state index in [4.69, 9.17) is 0 Å². The second-order valence-electron chi connectivity index (χ2n) is 4.35. The van der Waals surface area contributed by atoms with Crippen LogP contribution in [0.3, 0.4) is 0 Å². The fraction of sp³-hybridized carbons (Fsp3) is 0.462. The van der Waals surface area contributed by atoms with Gasteiger partial charge >= 0.3 is 0 Å². The van der Waals surface area contributed by atoms with Crippen molar-refractivity contribution >= 4 is 5.78 Å². The number of carbonyl (C=O) groups is 1. The number of nitrogens with one attached hydrogen (secondary N) is 1. The van der Waals surface area contributed by atoms with E-state index in [1.54, 1.807) is 19.1 Å². The Morgan fingerprint density at radius 1 is 1.38 bits per heavy atom. The minimum Gasteiger partial charge on any atom is -0.317 e. The van der Waals surface area contributed by atoms with Gasteiger partial charge in [0.05, 0.1) is 0 Å². The molecule has 0 amide bonds. The van der Waals surface area contributed by atoms with Crippen LogP contribution in [0.25, 0.3) is 0 Å². The molecule has 0 spiro atoms. The van der Waals surface area contributed by atoms with Crippen molar-refractivity contribution in [2.45, 2.75) is 19.8 Å². The second-order valence-corrected chi connectivity index (χ2v) is 4.35. The Morgan fingerprint density at radius 2 is 2.06 bits per heavy atom. The third-order valence-electron chi connectivity index (χ3n) is 3.15. The van der Waals surface area contributed by atoms with Gasteiger partial charge in [0.25, 0.3) is 0 Å². The van der Waals surface area contributed by atoms with Crippen LogP contribution >= 0.6 is 0 Å². The number of carbonyl (C=O) groups excluding carboxylic acids is 1. The number of rotatable bonds is 2. The first-order valence-electron chi connectivity index (χ1n) is 5.69. The summed E-state index contributed by atoms with van der Waals surface area (Å²) < 4.78 is 13.1. The number of hydrogen-bond acceptors (Lipinski definition) is 2. The molecule has 0 saturated carbocycles. The number of benzene rings is 1. The first-order valence-corrected chi connectivity index (χ1v) is 5.69. The van der Waals surface area contributed by atoms with Crippen molar-refractivity contribution < 1.29 is 9.18 Å². The van der Waals surface area contributed by atoms with Crippen LogP contribution in [0.2, 0.25) is 0 Å². The van der Waals surface area contributed by atoms with Crippen LogP contribution in [0.15, 0.2) is 18.2 Å². The third-order valence-corrected chi connectivity index (χ3v) is 3.15. The molecule has 1 fully saturated rings. The smallest absolute Gasteiger partial charge is 0.166 e. The standard InChI is InChI=1S/C13H16FNO/c1-9-8-11(2-3-12(9)14)13(16)10-4-6-15-7-5-10/h2-3,8,10,15H,4-7H2,1H3. The lowest BCUT2D eigenvalue weighted by atomic mass is 9.89. The summed E-state index contributed by atoms with van der Waals surface area (Å²) >= 11 is 0. The highest BCUT2D eigenvalue weighted by atomic mass is 19.1. The summed E-state index contributed by atoms with van der Waals surface area (Å²) in [6.07, 6.45) is 1.77. The molecule has 0 aliphatic carbocycles. The molecule has 1 saturated heterocycles. The minimum atomic E-state index is -0.248. The van der Waals surface area contributed by atoms with Crippen molar-refractivity contribution in [2.24, 2.45) is 5.92 Å². The Morgan fingerprint density at radius 3 is 2.69 bits per heavy atom. The number of piperidine rings is 1. The van der Waals surface area contributed by atoms with Crippen molar-refractivity contribution in [2.75, 3.05) is 13.1 Å². The van der Waals surface area contributed by atoms with E-state index in [0.717, 1.165) is 25.9 Å². The van der Waals surface area contributed by atoms with Crippen molar-refractivity contribution in [3.63, 3.8) is 0 Å². The Balaban J connectivity index is 2.16. The summed E-state index contributed by atoms with van der Waals surface area (Å²) in [7, 11) is 0. The lowest BCUT2D eigenvalue weighted by molar-refractivity contribution is 0.0895. The van der Waals surface area contributed by atoms with E-state index in [0.29, 0.717) is 11.1 Å². The fourth-order valence-corrected chi connectivity index (χ4v) is 2.12. The summed E-state index contributed by atoms with van der Waals surface area (Å²) in [5, 5.41) is 3.23. The topological polar surface area (TPSA) is 29.1 Å². The monoisotopic (exact) mass is 221 g/mol. The molecule has 16 heavy (non-hydrogen) atoms. The van der Waals surface area contributed by atoms with Crippen LogP contribution in [-0.2, 0) is 0 Å². The van der Waals surface area contributed by atoms with Crippen LogP contribution in [0, 0.1) is 18.7 Å². The predicted molar refractivity (Wildman–Crippen MR) is 61.1 cm³/mol. The van der Waals surface area contributed by atoms with Crippen LogP contribution in [0.1, 0.15) is 28.8 Å². The zero-order valence-corrected chi connectivity index (χ0v) is 9.42. The average molecular weight is 221 g/mol. The maximum atomic E-state index is 13.1. The quantitative estimate of drug-likeness (QED) is 0.776. The van der Waals surface area contributed by atoms with Gasteiger partial charge in [-0.2, -0.15) is 0 Å². The number of halogens is 1. The number of aryl methyl sites for hydroxylation is 1. The van der Waals surface area contributed by atoms with Gasteiger partial charge in [-0.15, -0.1) is 0 Å². The van der Waals surface area contributed by atoms with Gasteiger partial charge in [-0.1, -0.05) is 0 Å². The Bertz CT molecular complexity index is 397. The maximum absolute atomic E-state index is 13.1. The Hall–Kier alpha value is -1.22. The number of Topliss-reactive ketones (excluding diaryl/α,β-unsaturated/α-hetero) is 1. The van der Waals surface area contributed by atoms with Gasteiger partial charge in [0, 0.05) is 11.5 Å². The van der Waals surface area contributed by atoms with Crippen LogP contribution in [0.4, 0.5) is 4.39 Å². The van der Waals surface area contributed by atoms with E-state index in [-0.39, 0.29) is 17.5 Å². The molecule has 0 unspecified atom stereocenters. The molecular weight excluding hydrogens is 205 g/mol. The second kappa shape index (κ2) is 4.74. The van der Waals surface area contributed by atoms with Gasteiger partial charge in [-0.25, -0.2) is 4.39 Å². The van der Waals surface area contributed by atoms with Gasteiger partial charge in [-0.05, 0) is 56.6 Å². The summed E-state index contributed by atoms with van der Waals surface area (Å²) in [6, 6.07) is 4.62. The zero-order valence-electron chi connectivity index (χ0n) is 9.42. The van der Waals surface area contributed by atoms with E-state index >= 15 is 0 Å². The third kappa shape index (κ3) is 2.30. The highest BCUT2D eigenvalue weighted by Gasteiger charge is 2.22. The normalized spacial score (nSPS) is 17.4. The number of ketones is 1. The van der Waals surface area contributed by atoms with E-state index in [1.165, 1.54) is 6.07 Å². The van der Waals surface area contributed by atoms with Crippen molar-refractivity contribution in [3.8, 4) is 0 Å². The molecule has 1 aromatic carbocycles. The zero-order chi connectivity index (χ0) is 11.5. The molecule has 1 heterocycles. The van der Waals surface area contributed by atoms with E-state index in [9.17, 15) is 9.18 Å². The molecule has 1 aliphatic heterocycles. The molecule has 0 bridgehead atoms. The molecule has 0 atom stereocenters. The maximum Gasteiger partial charge on any atom is 0.166 e. The molecular formula is C13H16FNO. The van der Waals surface area contributed by atoms with Crippen molar-refractivity contribution in [3.05, 3.63) is 35.1 Å². The van der Waals surface area contributed by atoms with Gasteiger partial charge < -0.3 is 5.32 Å². The molecule has 2 nitrogen and oxygen atoms in total. The largest absolute Gasteiger partial charge is 0.317 e. The van der Waals surface area contributed by atoms with Crippen LogP contribution in [0.5, 0.6) is 0 Å². The van der Waals surface area contributed by atoms with Crippen LogP contribution in [-0.4, -0.2) is 18.9 Å². The highest BCUT2D eigenvalue weighted by Crippen LogP contribution is 2.19. The summed E-state index contributed by atoms with van der Waals surface area (Å²) in [6.45, 7) is 3.49. The predicted octanol–water partition coefficient (Wildman–Crippen LogP) is 2.32. The number of hydrogen-bond donors (Lipinski definition) is 1. The van der Waals surface area contributed by atoms with Gasteiger partial charge in [0.15, 0.2) is 5.78 Å². The van der Waals surface area contributed by atoms with Gasteiger partial charge in [0.2, 0.25) is 0 Å². The molecule has 1 aromatic rings. The lowest BCUT2D eigenvalue weighted by Gasteiger charge is -2.21. The van der Waals surface area contributed by atoms with Crippen molar-refractivity contribution in [1.82, 2.24) is 5.32 Å².